The molecule has 8 nitrogen and oxygen atoms in total. The summed E-state index contributed by atoms with van der Waals surface area (Å²) in [6, 6.07) is 6.44. The molecule has 0 spiro atoms. The Morgan fingerprint density at radius 2 is 2.32 bits per heavy atom. The first-order valence-electron chi connectivity index (χ1n) is 7.71. The zero-order valence-corrected chi connectivity index (χ0v) is 15.2. The summed E-state index contributed by atoms with van der Waals surface area (Å²) < 4.78 is 25.7. The maximum Gasteiger partial charge on any atom is 0.251 e. The number of amides is 1. The van der Waals surface area contributed by atoms with Crippen molar-refractivity contribution in [2.45, 2.75) is 24.4 Å². The van der Waals surface area contributed by atoms with E-state index in [9.17, 15) is 18.4 Å². The van der Waals surface area contributed by atoms with Crippen molar-refractivity contribution in [1.82, 2.24) is 9.78 Å². The van der Waals surface area contributed by atoms with Gasteiger partial charge < -0.3 is 10.5 Å². The molecule has 1 atom stereocenters. The molecule has 1 amide bonds. The van der Waals surface area contributed by atoms with Crippen LogP contribution in [0.5, 0.6) is 0 Å². The smallest absolute Gasteiger partial charge is 0.251 e. The molecule has 1 saturated heterocycles. The first-order chi connectivity index (χ1) is 11.8. The van der Waals surface area contributed by atoms with Crippen molar-refractivity contribution in [2.24, 2.45) is 0 Å². The molecule has 10 heteroatoms. The summed E-state index contributed by atoms with van der Waals surface area (Å²) >= 11 is 1.13. The van der Waals surface area contributed by atoms with E-state index < -0.39 is 9.84 Å². The van der Waals surface area contributed by atoms with Crippen molar-refractivity contribution < 1.29 is 17.9 Å². The van der Waals surface area contributed by atoms with E-state index in [1.165, 1.54) is 6.20 Å². The van der Waals surface area contributed by atoms with E-state index in [4.69, 9.17) is 0 Å². The molecule has 2 aromatic rings. The average Bonchev–Trinajstić information content (AvgIpc) is 3.08. The Labute approximate surface area is 149 Å². The van der Waals surface area contributed by atoms with Gasteiger partial charge in [-0.1, -0.05) is 0 Å². The van der Waals surface area contributed by atoms with Gasteiger partial charge in [-0.3, -0.25) is 4.79 Å². The number of nitrogens with one attached hydrogen (secondary N) is 1. The average molecular weight is 382 g/mol. The van der Waals surface area contributed by atoms with Gasteiger partial charge in [-0.15, -0.1) is 0 Å². The lowest BCUT2D eigenvalue weighted by atomic mass is 10.3. The highest BCUT2D eigenvalue weighted by atomic mass is 32.2. The highest BCUT2D eigenvalue weighted by molar-refractivity contribution is 7.99. The normalized spacial score (nSPS) is 19.0. The van der Waals surface area contributed by atoms with E-state index in [2.05, 4.69) is 10.4 Å². The first-order valence-corrected chi connectivity index (χ1v) is 10.5. The molecule has 1 unspecified atom stereocenters. The van der Waals surface area contributed by atoms with Crippen LogP contribution in [0.2, 0.25) is 0 Å². The fraction of sp³-hybridized carbons (Fsp3) is 0.400. The molecule has 0 bridgehead atoms. The van der Waals surface area contributed by atoms with Gasteiger partial charge in [-0.05, 0) is 31.2 Å². The number of rotatable bonds is 5. The Bertz CT molecular complexity index is 895. The zero-order valence-electron chi connectivity index (χ0n) is 13.6. The summed E-state index contributed by atoms with van der Waals surface area (Å²) in [5.74, 6) is 0.437. The number of anilines is 1. The van der Waals surface area contributed by atoms with Gasteiger partial charge >= 0.3 is 0 Å². The fourth-order valence-electron chi connectivity index (χ4n) is 2.70. The molecule has 0 radical (unpaired) electrons. The minimum atomic E-state index is -3.05. The third-order valence-corrected chi connectivity index (χ3v) is 6.59. The highest BCUT2D eigenvalue weighted by Crippen LogP contribution is 2.27. The summed E-state index contributed by atoms with van der Waals surface area (Å²) in [7, 11) is -3.05. The molecule has 134 valence electrons. The molecule has 1 aliphatic rings. The quantitative estimate of drug-likeness (QED) is 0.468. The summed E-state index contributed by atoms with van der Waals surface area (Å²) in [5.41, 5.74) is 0.702. The molecule has 1 fully saturated rings. The maximum absolute atomic E-state index is 12.2. The van der Waals surface area contributed by atoms with Crippen LogP contribution in [0.15, 0.2) is 35.5 Å². The van der Waals surface area contributed by atoms with Crippen molar-refractivity contribution in [3.8, 4) is 0 Å². The van der Waals surface area contributed by atoms with E-state index in [-0.39, 0.29) is 29.2 Å². The fourth-order valence-corrected chi connectivity index (χ4v) is 5.11. The van der Waals surface area contributed by atoms with Crippen molar-refractivity contribution in [1.29, 1.82) is 0 Å². The number of aromatic nitrogens is 3. The Balaban J connectivity index is 1.67. The molecule has 3 rings (SSSR count). The number of hydrogen-bond acceptors (Lipinski definition) is 6. The molecule has 25 heavy (non-hydrogen) atoms. The van der Waals surface area contributed by atoms with E-state index in [0.29, 0.717) is 27.7 Å². The van der Waals surface area contributed by atoms with Crippen LogP contribution in [0, 0.1) is 12.1 Å². The number of nitrogens with zero attached hydrogens (tertiary/aromatic N) is 3. The van der Waals surface area contributed by atoms with E-state index >= 15 is 0 Å². The monoisotopic (exact) mass is 382 g/mol. The van der Waals surface area contributed by atoms with Crippen molar-refractivity contribution in [3.05, 3.63) is 41.4 Å². The topological polar surface area (TPSA) is 108 Å². The highest BCUT2D eigenvalue weighted by Gasteiger charge is 2.31. The number of carbonyl (C=O) groups excluding carboxylic acids is 1. The minimum absolute atomic E-state index is 0.0337. The molecular formula is C15H18N4O4S2. The van der Waals surface area contributed by atoms with Gasteiger partial charge in [-0.2, -0.15) is 9.83 Å². The van der Waals surface area contributed by atoms with Crippen LogP contribution in [-0.2, 0) is 14.6 Å². The lowest BCUT2D eigenvalue weighted by molar-refractivity contribution is -0.645. The van der Waals surface area contributed by atoms with Crippen LogP contribution in [0.3, 0.4) is 0 Å². The van der Waals surface area contributed by atoms with Crippen molar-refractivity contribution in [2.75, 3.05) is 22.6 Å². The Morgan fingerprint density at radius 3 is 3.00 bits per heavy atom. The van der Waals surface area contributed by atoms with E-state index in [1.54, 1.807) is 35.9 Å². The predicted molar refractivity (Wildman–Crippen MR) is 94.0 cm³/mol. The van der Waals surface area contributed by atoms with Crippen LogP contribution >= 0.6 is 11.8 Å². The van der Waals surface area contributed by atoms with Crippen molar-refractivity contribution in [3.63, 3.8) is 0 Å². The number of hydrogen-bond donors (Lipinski definition) is 1. The number of carbonyl (C=O) groups is 1. The lowest BCUT2D eigenvalue weighted by Crippen LogP contribution is -2.28. The summed E-state index contributed by atoms with van der Waals surface area (Å²) in [4.78, 5) is 12.2. The van der Waals surface area contributed by atoms with Crippen LogP contribution in [0.25, 0.3) is 0 Å². The van der Waals surface area contributed by atoms with Gasteiger partial charge in [0.25, 0.3) is 5.03 Å². The van der Waals surface area contributed by atoms with Crippen LogP contribution in [-0.4, -0.2) is 41.4 Å². The van der Waals surface area contributed by atoms with Crippen LogP contribution in [0.1, 0.15) is 18.2 Å². The van der Waals surface area contributed by atoms with Gasteiger partial charge in [0.15, 0.2) is 16.0 Å². The minimum Gasteiger partial charge on any atom is -0.618 e. The second kappa shape index (κ2) is 7.04. The van der Waals surface area contributed by atoms with Gasteiger partial charge in [-0.25, -0.2) is 13.1 Å². The van der Waals surface area contributed by atoms with Gasteiger partial charge in [0.05, 0.1) is 29.0 Å². The summed E-state index contributed by atoms with van der Waals surface area (Å²) in [6.45, 7) is 1.79. The van der Waals surface area contributed by atoms with Crippen molar-refractivity contribution >= 4 is 33.3 Å². The number of pyridine rings is 1. The Hall–Kier alpha value is -2.07. The largest absolute Gasteiger partial charge is 0.618 e. The second-order valence-electron chi connectivity index (χ2n) is 5.87. The van der Waals surface area contributed by atoms with E-state index in [0.717, 1.165) is 11.8 Å². The number of aryl methyl sites for hydroxylation is 1. The molecule has 1 aliphatic heterocycles. The molecule has 2 aromatic heterocycles. The molecule has 0 saturated carbocycles. The number of sulfone groups is 1. The molecule has 1 N–H and O–H groups in total. The van der Waals surface area contributed by atoms with Gasteiger partial charge in [0.2, 0.25) is 5.91 Å². The molecule has 0 aliphatic carbocycles. The SMILES string of the molecule is Cc1cc(NC(=O)CSc2cccc[n+]2[O-])n(C2CCS(=O)(=O)C2)n1. The van der Waals surface area contributed by atoms with Gasteiger partial charge in [0.1, 0.15) is 5.82 Å². The Kier molecular flexibility index (Phi) is 5.00. The third-order valence-electron chi connectivity index (χ3n) is 3.82. The molecular weight excluding hydrogens is 364 g/mol. The number of thioether (sulfide) groups is 1. The first kappa shape index (κ1) is 17.7. The molecule has 0 aromatic carbocycles. The lowest BCUT2D eigenvalue weighted by Gasteiger charge is -2.13. The second-order valence-corrected chi connectivity index (χ2v) is 9.10. The standard InChI is InChI=1S/C15H18N4O4S2/c1-11-8-13(19(17-11)12-5-7-25(22,23)10-12)16-14(20)9-24-15-4-2-3-6-18(15)21/h2-4,6,8,12H,5,7,9-10H2,1H3,(H,16,20). The van der Waals surface area contributed by atoms with Gasteiger partial charge in [0, 0.05) is 18.2 Å². The maximum atomic E-state index is 12.2. The van der Waals surface area contributed by atoms with Crippen LogP contribution in [0.4, 0.5) is 5.82 Å². The molecule has 3 heterocycles. The third kappa shape index (κ3) is 4.31. The Morgan fingerprint density at radius 1 is 1.52 bits per heavy atom. The predicted octanol–water partition coefficient (Wildman–Crippen LogP) is 0.915. The zero-order chi connectivity index (χ0) is 18.0. The summed E-state index contributed by atoms with van der Waals surface area (Å²) in [6.07, 6.45) is 1.86. The summed E-state index contributed by atoms with van der Waals surface area (Å²) in [5, 5.41) is 19.1. The van der Waals surface area contributed by atoms with Crippen LogP contribution < -0.4 is 10.0 Å². The van der Waals surface area contributed by atoms with E-state index in [1.807, 2.05) is 0 Å².